The molecule has 1 amide bonds. The summed E-state index contributed by atoms with van der Waals surface area (Å²) in [6.45, 7) is 0. The fourth-order valence-corrected chi connectivity index (χ4v) is 4.10. The minimum atomic E-state index is -1.02. The first-order valence-corrected chi connectivity index (χ1v) is 10.3. The summed E-state index contributed by atoms with van der Waals surface area (Å²) in [7, 11) is 1.41. The lowest BCUT2D eigenvalue weighted by Crippen LogP contribution is -2.29. The highest BCUT2D eigenvalue weighted by Gasteiger charge is 2.47. The van der Waals surface area contributed by atoms with E-state index in [0.717, 1.165) is 0 Å². The number of ketones is 1. The van der Waals surface area contributed by atoms with Crippen LogP contribution in [0.1, 0.15) is 17.2 Å². The number of nitrogens with zero attached hydrogens (tertiary/aromatic N) is 1. The van der Waals surface area contributed by atoms with Gasteiger partial charge in [-0.15, -0.1) is 0 Å². The molecule has 1 saturated heterocycles. The van der Waals surface area contributed by atoms with Crippen molar-refractivity contribution in [3.05, 3.63) is 93.5 Å². The van der Waals surface area contributed by atoms with Gasteiger partial charge < -0.3 is 14.9 Å². The van der Waals surface area contributed by atoms with Crippen LogP contribution in [0.15, 0.2) is 72.3 Å². The summed E-state index contributed by atoms with van der Waals surface area (Å²) in [5.41, 5.74) is 0.784. The number of anilines is 1. The fraction of sp³-hybridized carbons (Fsp3) is 0.0833. The second-order valence-electron chi connectivity index (χ2n) is 7.09. The van der Waals surface area contributed by atoms with Crippen LogP contribution >= 0.6 is 23.2 Å². The van der Waals surface area contributed by atoms with Crippen molar-refractivity contribution in [3.8, 4) is 11.5 Å². The Morgan fingerprint density at radius 2 is 1.69 bits per heavy atom. The number of carbonyl (C=O) groups is 2. The number of aromatic hydroxyl groups is 1. The maximum absolute atomic E-state index is 13.2. The Labute approximate surface area is 193 Å². The molecular weight excluding hydrogens is 453 g/mol. The van der Waals surface area contributed by atoms with Gasteiger partial charge in [0.15, 0.2) is 0 Å². The zero-order chi connectivity index (χ0) is 23.0. The van der Waals surface area contributed by atoms with E-state index >= 15 is 0 Å². The zero-order valence-corrected chi connectivity index (χ0v) is 18.3. The lowest BCUT2D eigenvalue weighted by molar-refractivity contribution is -0.132. The number of aliphatic hydroxyl groups is 1. The van der Waals surface area contributed by atoms with Crippen LogP contribution in [0.3, 0.4) is 0 Å². The molecule has 4 rings (SSSR count). The Kier molecular flexibility index (Phi) is 5.82. The van der Waals surface area contributed by atoms with Gasteiger partial charge in [0.05, 0.1) is 24.3 Å². The van der Waals surface area contributed by atoms with Crippen LogP contribution in [0.5, 0.6) is 11.5 Å². The molecule has 2 N–H and O–H groups in total. The Bertz CT molecular complexity index is 1270. The maximum Gasteiger partial charge on any atom is 0.300 e. The number of Topliss-reactive ketones (excluding diaryl/α,β-unsaturated/α-hetero) is 1. The number of benzene rings is 3. The van der Waals surface area contributed by atoms with E-state index in [1.54, 1.807) is 48.5 Å². The molecule has 3 aromatic rings. The third-order valence-corrected chi connectivity index (χ3v) is 5.60. The molecule has 1 aliphatic rings. The van der Waals surface area contributed by atoms with Crippen molar-refractivity contribution in [2.75, 3.05) is 12.0 Å². The van der Waals surface area contributed by atoms with Crippen molar-refractivity contribution < 1.29 is 24.5 Å². The highest BCUT2D eigenvalue weighted by atomic mass is 35.5. The Morgan fingerprint density at radius 1 is 0.969 bits per heavy atom. The van der Waals surface area contributed by atoms with Crippen LogP contribution in [-0.2, 0) is 9.59 Å². The number of phenolic OH excluding ortho intramolecular Hbond substituents is 1. The first-order valence-electron chi connectivity index (χ1n) is 9.51. The number of aliphatic hydroxyl groups excluding tert-OH is 1. The smallest absolute Gasteiger partial charge is 0.300 e. The number of carbonyl (C=O) groups excluding carboxylic acids is 2. The van der Waals surface area contributed by atoms with Gasteiger partial charge in [-0.1, -0.05) is 41.4 Å². The summed E-state index contributed by atoms with van der Waals surface area (Å²) in [6, 6.07) is 16.1. The summed E-state index contributed by atoms with van der Waals surface area (Å²) in [6.07, 6.45) is 0. The van der Waals surface area contributed by atoms with E-state index in [-0.39, 0.29) is 22.6 Å². The van der Waals surface area contributed by atoms with Gasteiger partial charge in [-0.25, -0.2) is 0 Å². The average molecular weight is 470 g/mol. The predicted molar refractivity (Wildman–Crippen MR) is 122 cm³/mol. The lowest BCUT2D eigenvalue weighted by Gasteiger charge is -2.25. The first kappa shape index (κ1) is 21.7. The normalized spacial score (nSPS) is 17.6. The van der Waals surface area contributed by atoms with E-state index in [0.29, 0.717) is 21.3 Å². The molecule has 1 unspecified atom stereocenters. The molecule has 3 aromatic carbocycles. The van der Waals surface area contributed by atoms with E-state index < -0.39 is 23.5 Å². The number of halogens is 2. The highest BCUT2D eigenvalue weighted by Crippen LogP contribution is 2.44. The molecule has 0 spiro atoms. The Morgan fingerprint density at radius 3 is 2.38 bits per heavy atom. The third-order valence-electron chi connectivity index (χ3n) is 5.13. The van der Waals surface area contributed by atoms with Gasteiger partial charge in [0.25, 0.3) is 11.7 Å². The lowest BCUT2D eigenvalue weighted by atomic mass is 9.94. The number of phenols is 1. The predicted octanol–water partition coefficient (Wildman–Crippen LogP) is 5.33. The van der Waals surface area contributed by atoms with Crippen molar-refractivity contribution in [2.24, 2.45) is 0 Å². The average Bonchev–Trinajstić information content (AvgIpc) is 3.04. The number of methoxy groups -OCH3 is 1. The molecule has 1 aliphatic heterocycles. The molecule has 0 aromatic heterocycles. The molecule has 1 atom stereocenters. The number of rotatable bonds is 4. The molecule has 1 heterocycles. The number of amides is 1. The standard InChI is InChI=1S/C24H17Cl2NO5/c1-32-19-9-8-15(26)12-18(19)22(29)20-21(13-4-2-7-17(28)10-13)27(24(31)23(20)30)16-6-3-5-14(25)11-16/h2-12,21,28-29H,1H3/b22-20+. The SMILES string of the molecule is COc1ccc(Cl)cc1/C(O)=C1\C(=O)C(=O)N(c2cccc(Cl)c2)C1c1cccc(O)c1. The van der Waals surface area contributed by atoms with Crippen LogP contribution < -0.4 is 9.64 Å². The summed E-state index contributed by atoms with van der Waals surface area (Å²) < 4.78 is 5.31. The van der Waals surface area contributed by atoms with Gasteiger partial charge >= 0.3 is 0 Å². The molecular formula is C24H17Cl2NO5. The molecule has 0 aliphatic carbocycles. The molecule has 8 heteroatoms. The molecule has 1 fully saturated rings. The van der Waals surface area contributed by atoms with Gasteiger partial charge in [0, 0.05) is 15.7 Å². The van der Waals surface area contributed by atoms with Gasteiger partial charge in [0.1, 0.15) is 17.3 Å². The largest absolute Gasteiger partial charge is 0.508 e. The van der Waals surface area contributed by atoms with Gasteiger partial charge in [0.2, 0.25) is 0 Å². The monoisotopic (exact) mass is 469 g/mol. The zero-order valence-electron chi connectivity index (χ0n) is 16.8. The molecule has 32 heavy (non-hydrogen) atoms. The minimum absolute atomic E-state index is 0.0560. The molecule has 0 bridgehead atoms. The van der Waals surface area contributed by atoms with E-state index in [4.69, 9.17) is 27.9 Å². The van der Waals surface area contributed by atoms with Gasteiger partial charge in [-0.05, 0) is 54.1 Å². The molecule has 162 valence electrons. The van der Waals surface area contributed by atoms with E-state index in [9.17, 15) is 19.8 Å². The number of ether oxygens (including phenoxy) is 1. The van der Waals surface area contributed by atoms with Crippen LogP contribution in [0.2, 0.25) is 10.0 Å². The van der Waals surface area contributed by atoms with E-state index in [1.165, 1.54) is 30.2 Å². The summed E-state index contributed by atoms with van der Waals surface area (Å²) >= 11 is 12.2. The summed E-state index contributed by atoms with van der Waals surface area (Å²) in [5.74, 6) is -1.96. The maximum atomic E-state index is 13.2. The van der Waals surface area contributed by atoms with Gasteiger partial charge in [-0.2, -0.15) is 0 Å². The second kappa shape index (κ2) is 8.57. The third kappa shape index (κ3) is 3.79. The van der Waals surface area contributed by atoms with E-state index in [1.807, 2.05) is 0 Å². The quantitative estimate of drug-likeness (QED) is 0.306. The molecule has 6 nitrogen and oxygen atoms in total. The van der Waals surface area contributed by atoms with Crippen LogP contribution in [0, 0.1) is 0 Å². The van der Waals surface area contributed by atoms with Crippen molar-refractivity contribution in [1.82, 2.24) is 0 Å². The van der Waals surface area contributed by atoms with Gasteiger partial charge in [-0.3, -0.25) is 14.5 Å². The topological polar surface area (TPSA) is 87.1 Å². The first-order chi connectivity index (χ1) is 15.3. The van der Waals surface area contributed by atoms with Crippen LogP contribution in [0.4, 0.5) is 5.69 Å². The number of hydrogen-bond acceptors (Lipinski definition) is 5. The highest BCUT2D eigenvalue weighted by molar-refractivity contribution is 6.52. The van der Waals surface area contributed by atoms with Crippen LogP contribution in [0.25, 0.3) is 5.76 Å². The van der Waals surface area contributed by atoms with Crippen molar-refractivity contribution in [1.29, 1.82) is 0 Å². The van der Waals surface area contributed by atoms with Crippen molar-refractivity contribution in [2.45, 2.75) is 6.04 Å². The molecule has 0 saturated carbocycles. The summed E-state index contributed by atoms with van der Waals surface area (Å²) in [4.78, 5) is 27.5. The van der Waals surface area contributed by atoms with Crippen molar-refractivity contribution in [3.63, 3.8) is 0 Å². The Hall–Kier alpha value is -3.48. The minimum Gasteiger partial charge on any atom is -0.508 e. The summed E-state index contributed by atoms with van der Waals surface area (Å²) in [5, 5.41) is 21.9. The van der Waals surface area contributed by atoms with Crippen LogP contribution in [-0.4, -0.2) is 29.0 Å². The number of hydrogen-bond donors (Lipinski definition) is 2. The Balaban J connectivity index is 2.00. The van der Waals surface area contributed by atoms with Crippen molar-refractivity contribution >= 4 is 46.3 Å². The fourth-order valence-electron chi connectivity index (χ4n) is 3.75. The second-order valence-corrected chi connectivity index (χ2v) is 7.96. The van der Waals surface area contributed by atoms with E-state index in [2.05, 4.69) is 0 Å². The molecule has 0 radical (unpaired) electrons.